The lowest BCUT2D eigenvalue weighted by Gasteiger charge is -2.57. The van der Waals surface area contributed by atoms with E-state index in [-0.39, 0.29) is 60.3 Å². The van der Waals surface area contributed by atoms with Gasteiger partial charge in [0.15, 0.2) is 22.2 Å². The van der Waals surface area contributed by atoms with E-state index in [0.29, 0.717) is 21.9 Å². The number of alkyl halides is 5. The number of methoxy groups -OCH3 is 1. The zero-order valence-electron chi connectivity index (χ0n) is 28.4. The molecule has 9 rings (SSSR count). The number of hydrogen-bond donors (Lipinski definition) is 3. The fraction of sp³-hybridized carbons (Fsp3) is 0.559. The minimum Gasteiger partial charge on any atom is -0.496 e. The van der Waals surface area contributed by atoms with Crippen LogP contribution in [0, 0.1) is 0 Å². The summed E-state index contributed by atoms with van der Waals surface area (Å²) in [4.78, 5) is 37.3. The Kier molecular flexibility index (Phi) is 7.92. The van der Waals surface area contributed by atoms with Gasteiger partial charge in [0.2, 0.25) is 0 Å². The van der Waals surface area contributed by atoms with Gasteiger partial charge in [0.25, 0.3) is 11.8 Å². The number of benzene rings is 2. The van der Waals surface area contributed by atoms with Crippen molar-refractivity contribution in [3.8, 4) is 17.2 Å². The number of carbonyl (C=O) groups is 2. The summed E-state index contributed by atoms with van der Waals surface area (Å²) in [7, 11) is 1.39. The Morgan fingerprint density at radius 1 is 1.06 bits per heavy atom. The number of carbonyl (C=O) groups excluding carboxylic acids is 2. The summed E-state index contributed by atoms with van der Waals surface area (Å²) >= 11 is 1.30. The van der Waals surface area contributed by atoms with E-state index in [1.807, 2.05) is 0 Å². The van der Waals surface area contributed by atoms with Crippen LogP contribution in [0.4, 0.5) is 32.8 Å². The van der Waals surface area contributed by atoms with Crippen molar-refractivity contribution in [3.05, 3.63) is 35.4 Å². The van der Waals surface area contributed by atoms with Crippen LogP contribution in [0.5, 0.6) is 17.2 Å². The van der Waals surface area contributed by atoms with Gasteiger partial charge in [-0.3, -0.25) is 14.5 Å². The number of likely N-dealkylation sites (tertiary alicyclic amines) is 1. The number of anilines is 2. The molecule has 5 fully saturated rings. The molecule has 6 aliphatic rings. The first kappa shape index (κ1) is 35.1. The van der Waals surface area contributed by atoms with Gasteiger partial charge >= 0.3 is 12.5 Å². The number of aliphatic hydroxyl groups is 1. The predicted octanol–water partition coefficient (Wildman–Crippen LogP) is 5.29. The molecular weight excluding hydrogens is 717 g/mol. The number of β-amino-alcohol motifs (C(OH)–C–C–N with tert-alkyl or cyclic N) is 1. The Morgan fingerprint density at radius 3 is 2.33 bits per heavy atom. The summed E-state index contributed by atoms with van der Waals surface area (Å²) in [6.07, 6.45) is -8.39. The molecule has 4 saturated heterocycles. The highest BCUT2D eigenvalue weighted by atomic mass is 32.1. The predicted molar refractivity (Wildman–Crippen MR) is 178 cm³/mol. The van der Waals surface area contributed by atoms with Gasteiger partial charge in [0.1, 0.15) is 11.3 Å². The number of aromatic nitrogens is 1. The van der Waals surface area contributed by atoms with Crippen LogP contribution in [0.1, 0.15) is 66.7 Å². The molecule has 0 radical (unpaired) electrons. The minimum absolute atomic E-state index is 0.0222. The van der Waals surface area contributed by atoms with Crippen LogP contribution in [0.2, 0.25) is 0 Å². The summed E-state index contributed by atoms with van der Waals surface area (Å²) in [5.41, 5.74) is -4.10. The quantitative estimate of drug-likeness (QED) is 0.261. The second kappa shape index (κ2) is 11.8. The molecule has 6 heterocycles. The van der Waals surface area contributed by atoms with Crippen molar-refractivity contribution < 1.29 is 55.6 Å². The van der Waals surface area contributed by atoms with Gasteiger partial charge in [-0.25, -0.2) is 4.98 Å². The van der Waals surface area contributed by atoms with E-state index in [1.165, 1.54) is 18.4 Å². The molecule has 1 saturated carbocycles. The summed E-state index contributed by atoms with van der Waals surface area (Å²) in [5.74, 6) is -2.26. The first-order chi connectivity index (χ1) is 24.4. The molecule has 3 aromatic rings. The highest BCUT2D eigenvalue weighted by molar-refractivity contribution is 7.22. The van der Waals surface area contributed by atoms with Crippen LogP contribution < -0.4 is 29.7 Å². The Balaban J connectivity index is 1.08. The number of amides is 2. The van der Waals surface area contributed by atoms with E-state index < -0.39 is 59.1 Å². The lowest BCUT2D eigenvalue weighted by atomic mass is 9.70. The Morgan fingerprint density at radius 2 is 1.73 bits per heavy atom. The molecular formula is C34H36F5N5O7S. The van der Waals surface area contributed by atoms with E-state index in [4.69, 9.17) is 14.5 Å². The monoisotopic (exact) mass is 753 g/mol. The lowest BCUT2D eigenvalue weighted by molar-refractivity contribution is -0.317. The number of nitrogens with one attached hydrogen (secondary N) is 2. The number of nitrogens with zero attached hydrogens (tertiary/aromatic N) is 3. The molecule has 18 heteroatoms. The number of ether oxygens (including phenoxy) is 4. The normalized spacial score (nSPS) is 27.8. The first-order valence-electron chi connectivity index (χ1n) is 16.9. The molecule has 12 nitrogen and oxygen atoms in total. The van der Waals surface area contributed by atoms with Crippen LogP contribution in [0.3, 0.4) is 0 Å². The van der Waals surface area contributed by atoms with E-state index in [2.05, 4.69) is 29.9 Å². The third kappa shape index (κ3) is 5.96. The molecule has 5 aliphatic heterocycles. The van der Waals surface area contributed by atoms with Crippen molar-refractivity contribution in [1.29, 1.82) is 0 Å². The Hall–Kier alpha value is -4.00. The fourth-order valence-electron chi connectivity index (χ4n) is 8.15. The summed E-state index contributed by atoms with van der Waals surface area (Å²) < 4.78 is 90.0. The van der Waals surface area contributed by atoms with Gasteiger partial charge in [-0.15, -0.1) is 8.78 Å². The van der Waals surface area contributed by atoms with Gasteiger partial charge in [-0.1, -0.05) is 11.3 Å². The van der Waals surface area contributed by atoms with Crippen molar-refractivity contribution in [1.82, 2.24) is 15.2 Å². The van der Waals surface area contributed by atoms with Crippen LogP contribution in [0.25, 0.3) is 10.2 Å². The molecule has 52 heavy (non-hydrogen) atoms. The number of piperidine rings is 1. The second-order valence-electron chi connectivity index (χ2n) is 14.9. The van der Waals surface area contributed by atoms with E-state index in [1.54, 1.807) is 26.0 Å². The molecule has 2 aromatic carbocycles. The van der Waals surface area contributed by atoms with Crippen LogP contribution >= 0.6 is 11.3 Å². The smallest absolute Gasteiger partial charge is 0.496 e. The average Bonchev–Trinajstić information content (AvgIpc) is 3.61. The molecule has 1 aromatic heterocycles. The van der Waals surface area contributed by atoms with E-state index in [0.717, 1.165) is 31.6 Å². The van der Waals surface area contributed by atoms with Gasteiger partial charge in [-0.05, 0) is 64.2 Å². The number of hydrogen-bond acceptors (Lipinski definition) is 11. The Bertz CT molecular complexity index is 1930. The highest BCUT2D eigenvalue weighted by Crippen LogP contribution is 2.52. The standard InChI is InChI=1S/C34H36F5N5O7S/c1-30(2,47)15-43-13-17-10-18(14-43)44(17)29-41-20-4-5-22(48-3)25(26(20)52-29)28(46)40-21-12-24-23(50-34(38,39)51-24)11-19(21)27(45)42-31-6-8-32(9-7-31,49-16-31)33(35,36)37/h4-5,11-12,17-18,47H,6-10,13-16H2,1-3H3,(H,40,46)(H,42,45). The Labute approximate surface area is 298 Å². The minimum atomic E-state index is -4.57. The third-order valence-corrected chi connectivity index (χ3v) is 11.7. The molecule has 4 bridgehead atoms. The van der Waals surface area contributed by atoms with E-state index in [9.17, 15) is 36.6 Å². The summed E-state index contributed by atoms with van der Waals surface area (Å²) in [6.45, 7) is 5.19. The van der Waals surface area contributed by atoms with Crippen molar-refractivity contribution in [2.45, 2.75) is 87.2 Å². The van der Waals surface area contributed by atoms with Crippen molar-refractivity contribution >= 4 is 44.2 Å². The SMILES string of the molecule is COc1ccc2nc(N3C4CC3CN(CC(C)(C)O)C4)sc2c1C(=O)Nc1cc2c(cc1C(=O)NC13CCC(C(F)(F)F)(CC1)OC3)OC(F)(F)O2. The van der Waals surface area contributed by atoms with Gasteiger partial charge in [0.05, 0.1) is 46.3 Å². The maximum Gasteiger partial charge on any atom is 0.586 e. The molecule has 1 aliphatic carbocycles. The van der Waals surface area contributed by atoms with Gasteiger partial charge in [0, 0.05) is 37.8 Å². The fourth-order valence-corrected chi connectivity index (χ4v) is 9.39. The first-order valence-corrected chi connectivity index (χ1v) is 17.7. The maximum atomic E-state index is 14.2. The number of fused-ring (bicyclic) bond motifs is 7. The van der Waals surface area contributed by atoms with Crippen molar-refractivity contribution in [2.75, 3.05) is 43.6 Å². The summed E-state index contributed by atoms with van der Waals surface area (Å²) in [6, 6.07) is 5.71. The largest absolute Gasteiger partial charge is 0.586 e. The molecule has 3 N–H and O–H groups in total. The third-order valence-electron chi connectivity index (χ3n) is 10.6. The molecule has 0 spiro atoms. The number of halogens is 5. The number of thiazole rings is 1. The number of piperazine rings is 1. The molecule has 2 atom stereocenters. The van der Waals surface area contributed by atoms with Crippen molar-refractivity contribution in [3.63, 3.8) is 0 Å². The van der Waals surface area contributed by atoms with E-state index >= 15 is 0 Å². The van der Waals surface area contributed by atoms with Gasteiger partial charge < -0.3 is 39.6 Å². The second-order valence-corrected chi connectivity index (χ2v) is 15.9. The topological polar surface area (TPSA) is 135 Å². The van der Waals surface area contributed by atoms with Crippen LogP contribution in [-0.2, 0) is 4.74 Å². The number of rotatable bonds is 8. The zero-order valence-corrected chi connectivity index (χ0v) is 29.2. The van der Waals surface area contributed by atoms with Gasteiger partial charge in [-0.2, -0.15) is 13.2 Å². The highest BCUT2D eigenvalue weighted by Gasteiger charge is 2.63. The molecule has 2 unspecified atom stereocenters. The van der Waals surface area contributed by atoms with Crippen molar-refractivity contribution in [2.24, 2.45) is 0 Å². The summed E-state index contributed by atoms with van der Waals surface area (Å²) in [5, 5.41) is 16.4. The molecule has 2 amide bonds. The average molecular weight is 754 g/mol. The lowest BCUT2D eigenvalue weighted by Crippen LogP contribution is -2.70. The van der Waals surface area contributed by atoms with Crippen LogP contribution in [-0.4, -0.2) is 101 Å². The molecule has 280 valence electrons. The maximum absolute atomic E-state index is 14.2. The zero-order chi connectivity index (χ0) is 37.0. The van der Waals surface area contributed by atoms with Crippen LogP contribution in [0.15, 0.2) is 24.3 Å².